The van der Waals surface area contributed by atoms with E-state index in [0.717, 1.165) is 25.9 Å². The molecule has 2 rings (SSSR count). The number of benzene rings is 1. The summed E-state index contributed by atoms with van der Waals surface area (Å²) < 4.78 is 0.521. The molecule has 1 aliphatic rings. The number of hydrogen-bond donors (Lipinski definition) is 2. The van der Waals surface area contributed by atoms with Crippen LogP contribution in [0, 0.1) is 10.1 Å². The van der Waals surface area contributed by atoms with Crippen LogP contribution in [0.15, 0.2) is 22.7 Å². The van der Waals surface area contributed by atoms with E-state index in [1.165, 1.54) is 12.1 Å². The van der Waals surface area contributed by atoms with Gasteiger partial charge in [-0.2, -0.15) is 0 Å². The molecule has 0 spiro atoms. The van der Waals surface area contributed by atoms with Crippen LogP contribution in [0.4, 0.5) is 5.69 Å². The van der Waals surface area contributed by atoms with Crippen LogP contribution < -0.4 is 10.6 Å². The predicted molar refractivity (Wildman–Crippen MR) is 78.8 cm³/mol. The highest BCUT2D eigenvalue weighted by atomic mass is 79.9. The van der Waals surface area contributed by atoms with Gasteiger partial charge in [0.2, 0.25) is 0 Å². The lowest BCUT2D eigenvalue weighted by molar-refractivity contribution is -0.385. The molecule has 0 aliphatic carbocycles. The number of non-ortho nitro benzene ring substituents is 1. The van der Waals surface area contributed by atoms with Crippen LogP contribution in [0.2, 0.25) is 0 Å². The van der Waals surface area contributed by atoms with Gasteiger partial charge >= 0.3 is 0 Å². The van der Waals surface area contributed by atoms with Crippen LogP contribution in [0.5, 0.6) is 0 Å². The van der Waals surface area contributed by atoms with Gasteiger partial charge in [-0.3, -0.25) is 14.9 Å². The van der Waals surface area contributed by atoms with Gasteiger partial charge in [0, 0.05) is 27.7 Å². The van der Waals surface area contributed by atoms with E-state index in [0.29, 0.717) is 10.0 Å². The zero-order valence-corrected chi connectivity index (χ0v) is 12.7. The zero-order valence-electron chi connectivity index (χ0n) is 11.1. The number of carbonyl (C=O) groups excluding carboxylic acids is 1. The van der Waals surface area contributed by atoms with E-state index in [4.69, 9.17) is 0 Å². The molecular weight excluding hydrogens is 326 g/mol. The fraction of sp³-hybridized carbons (Fsp3) is 0.462. The third-order valence-electron chi connectivity index (χ3n) is 3.48. The molecule has 2 N–H and O–H groups in total. The maximum absolute atomic E-state index is 12.3. The molecule has 1 heterocycles. The summed E-state index contributed by atoms with van der Waals surface area (Å²) in [6.45, 7) is 3.71. The van der Waals surface area contributed by atoms with Crippen molar-refractivity contribution in [2.45, 2.75) is 25.3 Å². The van der Waals surface area contributed by atoms with Gasteiger partial charge in [0.05, 0.1) is 4.92 Å². The van der Waals surface area contributed by atoms with Crippen molar-refractivity contribution in [3.8, 4) is 0 Å². The second-order valence-electron chi connectivity index (χ2n) is 5.22. The van der Waals surface area contributed by atoms with Crippen LogP contribution in [0.3, 0.4) is 0 Å². The zero-order chi connectivity index (χ0) is 14.8. The largest absolute Gasteiger partial charge is 0.347 e. The highest BCUT2D eigenvalue weighted by Gasteiger charge is 2.29. The topological polar surface area (TPSA) is 84.3 Å². The highest BCUT2D eigenvalue weighted by molar-refractivity contribution is 9.10. The van der Waals surface area contributed by atoms with Crippen LogP contribution in [0.1, 0.15) is 30.1 Å². The maximum atomic E-state index is 12.3. The average molecular weight is 342 g/mol. The van der Waals surface area contributed by atoms with E-state index >= 15 is 0 Å². The molecule has 1 amide bonds. The number of amides is 1. The lowest BCUT2D eigenvalue weighted by atomic mass is 9.90. The summed E-state index contributed by atoms with van der Waals surface area (Å²) in [5, 5.41) is 17.0. The number of carbonyl (C=O) groups is 1. The molecule has 6 nitrogen and oxygen atoms in total. The van der Waals surface area contributed by atoms with Crippen molar-refractivity contribution in [3.63, 3.8) is 0 Å². The van der Waals surface area contributed by atoms with Crippen molar-refractivity contribution >= 4 is 27.5 Å². The first-order valence-electron chi connectivity index (χ1n) is 6.38. The van der Waals surface area contributed by atoms with Gasteiger partial charge in [-0.1, -0.05) is 15.9 Å². The van der Waals surface area contributed by atoms with Gasteiger partial charge in [0.25, 0.3) is 11.6 Å². The number of hydrogen-bond acceptors (Lipinski definition) is 4. The number of rotatable bonds is 3. The summed E-state index contributed by atoms with van der Waals surface area (Å²) in [6, 6.07) is 4.26. The quantitative estimate of drug-likeness (QED) is 0.652. The van der Waals surface area contributed by atoms with E-state index in [2.05, 4.69) is 26.6 Å². The first kappa shape index (κ1) is 14.9. The minimum Gasteiger partial charge on any atom is -0.347 e. The van der Waals surface area contributed by atoms with Crippen molar-refractivity contribution in [1.82, 2.24) is 10.6 Å². The van der Waals surface area contributed by atoms with E-state index in [9.17, 15) is 14.9 Å². The molecule has 1 aliphatic heterocycles. The molecule has 20 heavy (non-hydrogen) atoms. The summed E-state index contributed by atoms with van der Waals surface area (Å²) in [4.78, 5) is 22.6. The summed E-state index contributed by atoms with van der Waals surface area (Å²) in [6.07, 6.45) is 1.68. The summed E-state index contributed by atoms with van der Waals surface area (Å²) >= 11 is 3.19. The molecule has 0 atom stereocenters. The summed E-state index contributed by atoms with van der Waals surface area (Å²) in [5.41, 5.74) is -0.0646. The number of piperidine rings is 1. The van der Waals surface area contributed by atoms with E-state index in [-0.39, 0.29) is 17.1 Å². The maximum Gasteiger partial charge on any atom is 0.271 e. The molecule has 0 radical (unpaired) electrons. The normalized spacial score (nSPS) is 17.5. The van der Waals surface area contributed by atoms with Gasteiger partial charge in [-0.15, -0.1) is 0 Å². The average Bonchev–Trinajstić information content (AvgIpc) is 2.38. The summed E-state index contributed by atoms with van der Waals surface area (Å²) in [7, 11) is 0. The minimum absolute atomic E-state index is 0.0972. The third-order valence-corrected chi connectivity index (χ3v) is 3.94. The van der Waals surface area contributed by atoms with Crippen LogP contribution >= 0.6 is 15.9 Å². The Labute approximate surface area is 125 Å². The first-order chi connectivity index (χ1) is 9.39. The fourth-order valence-electron chi connectivity index (χ4n) is 2.26. The van der Waals surface area contributed by atoms with Gasteiger partial charge in [-0.25, -0.2) is 0 Å². The number of halogens is 1. The van der Waals surface area contributed by atoms with Crippen molar-refractivity contribution in [3.05, 3.63) is 38.3 Å². The van der Waals surface area contributed by atoms with Gasteiger partial charge in [-0.05, 0) is 38.9 Å². The number of nitrogens with one attached hydrogen (secondary N) is 2. The molecule has 0 saturated carbocycles. The summed E-state index contributed by atoms with van der Waals surface area (Å²) in [5.74, 6) is -0.279. The minimum atomic E-state index is -0.506. The van der Waals surface area contributed by atoms with Gasteiger partial charge < -0.3 is 10.6 Å². The Morgan fingerprint density at radius 2 is 2.05 bits per heavy atom. The van der Waals surface area contributed by atoms with Gasteiger partial charge in [0.1, 0.15) is 0 Å². The van der Waals surface area contributed by atoms with Crippen LogP contribution in [-0.4, -0.2) is 29.5 Å². The number of nitrogens with zero attached hydrogens (tertiary/aromatic N) is 1. The number of nitro benzene ring substituents is 1. The Hall–Kier alpha value is -1.47. The monoisotopic (exact) mass is 341 g/mol. The molecule has 1 saturated heterocycles. The Balaban J connectivity index is 2.18. The second kappa shape index (κ2) is 5.88. The molecule has 0 aromatic heterocycles. The standard InChI is InChI=1S/C13H16BrN3O3/c1-13(2-4-15-5-3-13)16-12(18)9-6-10(14)8-11(7-9)17(19)20/h6-8,15H,2-5H2,1H3,(H,16,18). The Morgan fingerprint density at radius 3 is 2.65 bits per heavy atom. The molecule has 108 valence electrons. The second-order valence-corrected chi connectivity index (χ2v) is 6.14. The molecule has 0 bridgehead atoms. The first-order valence-corrected chi connectivity index (χ1v) is 7.17. The molecule has 7 heteroatoms. The lowest BCUT2D eigenvalue weighted by Gasteiger charge is -2.35. The third kappa shape index (κ3) is 3.55. The predicted octanol–water partition coefficient (Wildman–Crippen LogP) is 2.23. The molecule has 1 fully saturated rings. The van der Waals surface area contributed by atoms with E-state index < -0.39 is 4.92 Å². The molecule has 0 unspecified atom stereocenters. The smallest absolute Gasteiger partial charge is 0.271 e. The van der Waals surface area contributed by atoms with Crippen molar-refractivity contribution in [2.24, 2.45) is 0 Å². The fourth-order valence-corrected chi connectivity index (χ4v) is 2.74. The number of nitro groups is 1. The highest BCUT2D eigenvalue weighted by Crippen LogP contribution is 2.23. The molecule has 1 aromatic carbocycles. The van der Waals surface area contributed by atoms with Crippen molar-refractivity contribution in [1.29, 1.82) is 0 Å². The van der Waals surface area contributed by atoms with E-state index in [1.807, 2.05) is 6.92 Å². The van der Waals surface area contributed by atoms with Crippen LogP contribution in [0.25, 0.3) is 0 Å². The Bertz CT molecular complexity index is 542. The lowest BCUT2D eigenvalue weighted by Crippen LogP contribution is -2.52. The Kier molecular flexibility index (Phi) is 4.39. The van der Waals surface area contributed by atoms with Crippen molar-refractivity contribution < 1.29 is 9.72 Å². The van der Waals surface area contributed by atoms with Crippen molar-refractivity contribution in [2.75, 3.05) is 13.1 Å². The van der Waals surface area contributed by atoms with E-state index in [1.54, 1.807) is 6.07 Å². The van der Waals surface area contributed by atoms with Gasteiger partial charge in [0.15, 0.2) is 0 Å². The Morgan fingerprint density at radius 1 is 1.40 bits per heavy atom. The SMILES string of the molecule is CC1(NC(=O)c2cc(Br)cc([N+](=O)[O-])c2)CCNCC1. The molecule has 1 aromatic rings. The van der Waals surface area contributed by atoms with Crippen LogP contribution in [-0.2, 0) is 0 Å². The molecular formula is C13H16BrN3O3.